The highest BCUT2D eigenvalue weighted by atomic mass is 15.1. The highest BCUT2D eigenvalue weighted by Crippen LogP contribution is 2.20. The minimum Gasteiger partial charge on any atom is -0.308 e. The first-order chi connectivity index (χ1) is 9.69. The molecule has 1 aliphatic heterocycles. The second kappa shape index (κ2) is 7.70. The highest BCUT2D eigenvalue weighted by Gasteiger charge is 2.23. The maximum Gasteiger partial charge on any atom is 0.125 e. The van der Waals surface area contributed by atoms with Crippen molar-refractivity contribution in [1.82, 2.24) is 20.2 Å². The van der Waals surface area contributed by atoms with E-state index in [-0.39, 0.29) is 0 Å². The molecule has 0 radical (unpaired) electrons. The van der Waals surface area contributed by atoms with Crippen LogP contribution < -0.4 is 5.32 Å². The Morgan fingerprint density at radius 2 is 2.15 bits per heavy atom. The van der Waals surface area contributed by atoms with Gasteiger partial charge in [-0.1, -0.05) is 6.92 Å². The summed E-state index contributed by atoms with van der Waals surface area (Å²) >= 11 is 0. The van der Waals surface area contributed by atoms with Gasteiger partial charge in [-0.05, 0) is 64.7 Å². The molecule has 1 fully saturated rings. The van der Waals surface area contributed by atoms with Crippen molar-refractivity contribution in [3.8, 4) is 0 Å². The third-order valence-corrected chi connectivity index (χ3v) is 4.32. The van der Waals surface area contributed by atoms with Crippen molar-refractivity contribution in [2.24, 2.45) is 5.92 Å². The molecule has 4 heteroatoms. The number of aryl methyl sites for hydroxylation is 1. The fraction of sp³-hybridized carbons (Fsp3) is 0.750. The van der Waals surface area contributed by atoms with Crippen molar-refractivity contribution in [3.63, 3.8) is 0 Å². The molecule has 2 heterocycles. The van der Waals surface area contributed by atoms with E-state index < -0.39 is 0 Å². The fourth-order valence-corrected chi connectivity index (χ4v) is 3.03. The number of hydrogen-bond acceptors (Lipinski definition) is 4. The van der Waals surface area contributed by atoms with Gasteiger partial charge in [0.25, 0.3) is 0 Å². The minimum absolute atomic E-state index is 0.564. The lowest BCUT2D eigenvalue weighted by Crippen LogP contribution is -2.42. The lowest BCUT2D eigenvalue weighted by molar-refractivity contribution is 0.162. The van der Waals surface area contributed by atoms with Gasteiger partial charge in [-0.2, -0.15) is 0 Å². The van der Waals surface area contributed by atoms with Crippen LogP contribution in [0.5, 0.6) is 0 Å². The maximum absolute atomic E-state index is 4.44. The molecule has 0 aliphatic carbocycles. The van der Waals surface area contributed by atoms with Crippen LogP contribution in [-0.2, 0) is 6.54 Å². The zero-order valence-electron chi connectivity index (χ0n) is 13.1. The van der Waals surface area contributed by atoms with E-state index in [0.717, 1.165) is 24.0 Å². The van der Waals surface area contributed by atoms with Gasteiger partial charge in [-0.3, -0.25) is 0 Å². The Labute approximate surface area is 123 Å². The minimum atomic E-state index is 0.564. The predicted octanol–water partition coefficient (Wildman–Crippen LogP) is 2.39. The van der Waals surface area contributed by atoms with Crippen molar-refractivity contribution in [1.29, 1.82) is 0 Å². The number of piperidine rings is 1. The normalized spacial score (nSPS) is 19.1. The third-order valence-electron chi connectivity index (χ3n) is 4.32. The van der Waals surface area contributed by atoms with E-state index in [1.165, 1.54) is 38.9 Å². The molecule has 1 saturated heterocycles. The molecular formula is C16H28N4. The lowest BCUT2D eigenvalue weighted by atomic mass is 9.90. The van der Waals surface area contributed by atoms with Gasteiger partial charge in [0.2, 0.25) is 0 Å². The number of aromatic nitrogens is 2. The van der Waals surface area contributed by atoms with E-state index >= 15 is 0 Å². The summed E-state index contributed by atoms with van der Waals surface area (Å²) in [4.78, 5) is 11.2. The molecule has 112 valence electrons. The van der Waals surface area contributed by atoms with Gasteiger partial charge in [-0.15, -0.1) is 0 Å². The van der Waals surface area contributed by atoms with Gasteiger partial charge in [0.15, 0.2) is 0 Å². The molecule has 1 aromatic heterocycles. The van der Waals surface area contributed by atoms with Gasteiger partial charge in [0, 0.05) is 18.8 Å². The monoisotopic (exact) mass is 276 g/mol. The first kappa shape index (κ1) is 15.4. The molecule has 0 aromatic carbocycles. The summed E-state index contributed by atoms with van der Waals surface area (Å²) in [7, 11) is 0. The number of nitrogens with one attached hydrogen (secondary N) is 1. The Bertz CT molecular complexity index is 399. The Kier molecular flexibility index (Phi) is 5.92. The smallest absolute Gasteiger partial charge is 0.125 e. The Balaban J connectivity index is 1.74. The van der Waals surface area contributed by atoms with Crippen molar-refractivity contribution in [2.75, 3.05) is 19.6 Å². The zero-order chi connectivity index (χ0) is 14.4. The molecule has 0 saturated carbocycles. The molecule has 1 aliphatic rings. The standard InChI is InChI=1S/C16H28N4/c1-4-9-20-10-6-15(7-11-20)13(2)18-12-16-5-8-17-14(3)19-16/h5,8,13,15,18H,4,6-7,9-12H2,1-3H3. The number of rotatable bonds is 6. The van der Waals surface area contributed by atoms with Crippen LogP contribution in [-0.4, -0.2) is 40.5 Å². The van der Waals surface area contributed by atoms with E-state index in [0.29, 0.717) is 6.04 Å². The molecule has 1 atom stereocenters. The third kappa shape index (κ3) is 4.53. The average molecular weight is 276 g/mol. The van der Waals surface area contributed by atoms with E-state index in [1.807, 2.05) is 19.2 Å². The maximum atomic E-state index is 4.44. The number of likely N-dealkylation sites (tertiary alicyclic amines) is 1. The van der Waals surface area contributed by atoms with Crippen LogP contribution in [0.15, 0.2) is 12.3 Å². The summed E-state index contributed by atoms with van der Waals surface area (Å²) in [5.41, 5.74) is 1.09. The van der Waals surface area contributed by atoms with E-state index in [2.05, 4.69) is 34.0 Å². The molecule has 2 rings (SSSR count). The molecule has 1 N–H and O–H groups in total. The molecule has 0 spiro atoms. The van der Waals surface area contributed by atoms with Crippen LogP contribution in [0, 0.1) is 12.8 Å². The number of nitrogens with zero attached hydrogens (tertiary/aromatic N) is 3. The first-order valence-corrected chi connectivity index (χ1v) is 7.93. The van der Waals surface area contributed by atoms with Crippen molar-refractivity contribution < 1.29 is 0 Å². The van der Waals surface area contributed by atoms with Crippen LogP contribution in [0.2, 0.25) is 0 Å². The predicted molar refractivity (Wildman–Crippen MR) is 82.5 cm³/mol. The van der Waals surface area contributed by atoms with E-state index in [1.54, 1.807) is 0 Å². The quantitative estimate of drug-likeness (QED) is 0.866. The van der Waals surface area contributed by atoms with E-state index in [9.17, 15) is 0 Å². The van der Waals surface area contributed by atoms with Crippen LogP contribution >= 0.6 is 0 Å². The average Bonchev–Trinajstić information content (AvgIpc) is 2.46. The van der Waals surface area contributed by atoms with Crippen molar-refractivity contribution in [3.05, 3.63) is 23.8 Å². The number of hydrogen-bond donors (Lipinski definition) is 1. The fourth-order valence-electron chi connectivity index (χ4n) is 3.03. The summed E-state index contributed by atoms with van der Waals surface area (Å²) in [5.74, 6) is 1.65. The first-order valence-electron chi connectivity index (χ1n) is 7.93. The molecule has 4 nitrogen and oxygen atoms in total. The van der Waals surface area contributed by atoms with Crippen LogP contribution in [0.4, 0.5) is 0 Å². The van der Waals surface area contributed by atoms with Crippen LogP contribution in [0.25, 0.3) is 0 Å². The van der Waals surface area contributed by atoms with Gasteiger partial charge in [0.05, 0.1) is 5.69 Å². The second-order valence-corrected chi connectivity index (χ2v) is 5.94. The highest BCUT2D eigenvalue weighted by molar-refractivity contribution is 5.01. The van der Waals surface area contributed by atoms with Crippen LogP contribution in [0.1, 0.15) is 44.6 Å². The summed E-state index contributed by atoms with van der Waals surface area (Å²) in [6.07, 6.45) is 5.74. The van der Waals surface area contributed by atoms with Crippen LogP contribution in [0.3, 0.4) is 0 Å². The molecule has 0 bridgehead atoms. The molecular weight excluding hydrogens is 248 g/mol. The van der Waals surface area contributed by atoms with Gasteiger partial charge in [0.1, 0.15) is 5.82 Å². The van der Waals surface area contributed by atoms with Gasteiger partial charge in [-0.25, -0.2) is 9.97 Å². The lowest BCUT2D eigenvalue weighted by Gasteiger charge is -2.35. The molecule has 1 unspecified atom stereocenters. The summed E-state index contributed by atoms with van der Waals surface area (Å²) in [6.45, 7) is 11.1. The van der Waals surface area contributed by atoms with Crippen molar-refractivity contribution >= 4 is 0 Å². The SMILES string of the molecule is CCCN1CCC(C(C)NCc2ccnc(C)n2)CC1. The molecule has 0 amide bonds. The molecule has 1 aromatic rings. The Hall–Kier alpha value is -1.00. The molecule has 20 heavy (non-hydrogen) atoms. The topological polar surface area (TPSA) is 41.0 Å². The van der Waals surface area contributed by atoms with Crippen molar-refractivity contribution in [2.45, 2.75) is 52.6 Å². The van der Waals surface area contributed by atoms with E-state index in [4.69, 9.17) is 0 Å². The van der Waals surface area contributed by atoms with Gasteiger partial charge < -0.3 is 10.2 Å². The van der Waals surface area contributed by atoms with Gasteiger partial charge >= 0.3 is 0 Å². The second-order valence-electron chi connectivity index (χ2n) is 5.94. The summed E-state index contributed by atoms with van der Waals surface area (Å²) in [5, 5.41) is 3.63. The Morgan fingerprint density at radius 1 is 1.40 bits per heavy atom. The summed E-state index contributed by atoms with van der Waals surface area (Å²) in [6, 6.07) is 2.56. The summed E-state index contributed by atoms with van der Waals surface area (Å²) < 4.78 is 0. The zero-order valence-corrected chi connectivity index (χ0v) is 13.1. The Morgan fingerprint density at radius 3 is 2.80 bits per heavy atom. The largest absolute Gasteiger partial charge is 0.308 e.